The van der Waals surface area contributed by atoms with Gasteiger partial charge in [-0.3, -0.25) is 0 Å². The Labute approximate surface area is 312 Å². The van der Waals surface area contributed by atoms with Gasteiger partial charge in [-0.1, -0.05) is 184 Å². The maximum Gasteiger partial charge on any atom is 0.0719 e. The van der Waals surface area contributed by atoms with Crippen LogP contribution in [0.2, 0.25) is 0 Å². The number of hydrogen-bond donors (Lipinski definition) is 0. The van der Waals surface area contributed by atoms with Crippen LogP contribution in [0.5, 0.6) is 0 Å². The van der Waals surface area contributed by atoms with Crippen LogP contribution in [-0.4, -0.2) is 0 Å². The van der Waals surface area contributed by atoms with Gasteiger partial charge in [-0.05, 0) is 91.5 Å². The molecule has 0 aliphatic heterocycles. The van der Waals surface area contributed by atoms with Crippen LogP contribution in [-0.2, 0) is 10.8 Å². The highest BCUT2D eigenvalue weighted by atomic mass is 15.1. The second-order valence-electron chi connectivity index (χ2n) is 14.9. The Balaban J connectivity index is 1.20. The van der Waals surface area contributed by atoms with E-state index < -0.39 is 5.41 Å². The van der Waals surface area contributed by atoms with Crippen LogP contribution in [0, 0.1) is 0 Å². The fraction of sp³-hybridized carbons (Fsp3) is 0.0769. The number of para-hydroxylation sites is 2. The minimum atomic E-state index is -0.414. The van der Waals surface area contributed by atoms with E-state index in [2.05, 4.69) is 219 Å². The first kappa shape index (κ1) is 31.3. The van der Waals surface area contributed by atoms with E-state index in [4.69, 9.17) is 0 Å². The molecule has 1 spiro atoms. The lowest BCUT2D eigenvalue weighted by Gasteiger charge is -2.47. The minimum absolute atomic E-state index is 0.241. The van der Waals surface area contributed by atoms with E-state index >= 15 is 0 Å². The molecule has 1 nitrogen and oxygen atoms in total. The summed E-state index contributed by atoms with van der Waals surface area (Å²) in [5.41, 5.74) is 18.4. The highest BCUT2D eigenvalue weighted by Gasteiger charge is 2.53. The molecule has 0 radical (unpaired) electrons. The van der Waals surface area contributed by atoms with Gasteiger partial charge in [0.2, 0.25) is 0 Å². The molecule has 0 unspecified atom stereocenters. The number of nitrogens with zero attached hydrogens (tertiary/aromatic N) is 1. The second-order valence-corrected chi connectivity index (χ2v) is 14.9. The maximum absolute atomic E-state index is 2.48. The first-order valence-corrected chi connectivity index (χ1v) is 18.6. The molecule has 0 saturated heterocycles. The van der Waals surface area contributed by atoms with Gasteiger partial charge in [-0.15, -0.1) is 0 Å². The zero-order chi connectivity index (χ0) is 35.6. The molecule has 0 atom stereocenters. The Morgan fingerprint density at radius 1 is 0.321 bits per heavy atom. The topological polar surface area (TPSA) is 3.24 Å². The Hall–Kier alpha value is -6.44. The molecule has 0 saturated carbocycles. The van der Waals surface area contributed by atoms with Crippen molar-refractivity contribution >= 4 is 17.1 Å². The van der Waals surface area contributed by atoms with Crippen molar-refractivity contribution in [2.24, 2.45) is 0 Å². The summed E-state index contributed by atoms with van der Waals surface area (Å²) in [6.45, 7) is 4.81. The van der Waals surface area contributed by atoms with Gasteiger partial charge < -0.3 is 4.90 Å². The van der Waals surface area contributed by atoms with Crippen LogP contribution in [0.3, 0.4) is 0 Å². The average Bonchev–Trinajstić information content (AvgIpc) is 3.52. The Bertz CT molecular complexity index is 2590. The van der Waals surface area contributed by atoms with Gasteiger partial charge in [0, 0.05) is 22.4 Å². The molecule has 0 amide bonds. The summed E-state index contributed by atoms with van der Waals surface area (Å²) in [5.74, 6) is 0. The van der Waals surface area contributed by atoms with E-state index in [-0.39, 0.29) is 5.41 Å². The van der Waals surface area contributed by atoms with Crippen molar-refractivity contribution in [3.05, 3.63) is 234 Å². The lowest BCUT2D eigenvalue weighted by molar-refractivity contribution is 0.563. The monoisotopic (exact) mass is 677 g/mol. The smallest absolute Gasteiger partial charge is 0.0719 e. The summed E-state index contributed by atoms with van der Waals surface area (Å²) in [4.78, 5) is 2.44. The zero-order valence-electron chi connectivity index (χ0n) is 30.0. The van der Waals surface area contributed by atoms with E-state index in [9.17, 15) is 0 Å². The Morgan fingerprint density at radius 3 is 1.45 bits per heavy atom. The lowest BCUT2D eigenvalue weighted by Crippen LogP contribution is -2.40. The number of rotatable bonds is 5. The van der Waals surface area contributed by atoms with E-state index in [1.54, 1.807) is 0 Å². The Kier molecular flexibility index (Phi) is 7.13. The number of hydrogen-bond acceptors (Lipinski definition) is 1. The molecular formula is C52H39N. The summed E-state index contributed by atoms with van der Waals surface area (Å²) in [7, 11) is 0. The molecule has 0 bridgehead atoms. The molecule has 0 aromatic heterocycles. The highest BCUT2D eigenvalue weighted by molar-refractivity contribution is 5.91. The first-order valence-electron chi connectivity index (χ1n) is 18.6. The fourth-order valence-corrected chi connectivity index (χ4v) is 9.37. The van der Waals surface area contributed by atoms with Gasteiger partial charge in [-0.2, -0.15) is 0 Å². The van der Waals surface area contributed by atoms with E-state index in [0.29, 0.717) is 0 Å². The highest BCUT2D eigenvalue weighted by Crippen LogP contribution is 2.62. The molecule has 8 aromatic carbocycles. The zero-order valence-corrected chi connectivity index (χ0v) is 30.0. The Morgan fingerprint density at radius 2 is 0.792 bits per heavy atom. The molecule has 2 aliphatic rings. The van der Waals surface area contributed by atoms with Crippen LogP contribution in [0.4, 0.5) is 17.1 Å². The third-order valence-corrected chi connectivity index (χ3v) is 11.8. The summed E-state index contributed by atoms with van der Waals surface area (Å²) < 4.78 is 0. The molecule has 53 heavy (non-hydrogen) atoms. The molecule has 0 fully saturated rings. The molecule has 0 heterocycles. The van der Waals surface area contributed by atoms with Gasteiger partial charge in [0.25, 0.3) is 0 Å². The summed E-state index contributed by atoms with van der Waals surface area (Å²) in [5, 5.41) is 0. The van der Waals surface area contributed by atoms with Gasteiger partial charge in [0.15, 0.2) is 0 Å². The summed E-state index contributed by atoms with van der Waals surface area (Å²) in [6, 6.07) is 73.8. The third-order valence-electron chi connectivity index (χ3n) is 11.8. The second kappa shape index (κ2) is 12.1. The van der Waals surface area contributed by atoms with Gasteiger partial charge in [-0.25, -0.2) is 0 Å². The third kappa shape index (κ3) is 4.64. The van der Waals surface area contributed by atoms with Gasteiger partial charge in [0.1, 0.15) is 0 Å². The predicted molar refractivity (Wildman–Crippen MR) is 221 cm³/mol. The van der Waals surface area contributed by atoms with Crippen LogP contribution < -0.4 is 4.90 Å². The normalized spacial score (nSPS) is 14.2. The van der Waals surface area contributed by atoms with Crippen molar-refractivity contribution in [2.75, 3.05) is 4.90 Å². The van der Waals surface area contributed by atoms with E-state index in [1.807, 2.05) is 0 Å². The molecule has 10 rings (SSSR count). The number of fused-ring (bicyclic) bond motifs is 9. The molecule has 0 N–H and O–H groups in total. The summed E-state index contributed by atoms with van der Waals surface area (Å²) in [6.07, 6.45) is 0. The standard InChI is InChI=1S/C52H39N/c1-51(2)46-26-14-15-27-47(46)52(44-24-12-9-22-42(44)43-23-10-13-25-45(43)52)48-34-33-40(35-49(48)51)53(39-19-7-4-8-20-39)50-28-16-11-21-41(50)38-31-29-37(30-32-38)36-17-5-3-6-18-36/h3-35H,1-2H3. The molecule has 1 heteroatoms. The molecule has 8 aromatic rings. The van der Waals surface area contributed by atoms with Crippen molar-refractivity contribution in [2.45, 2.75) is 24.7 Å². The minimum Gasteiger partial charge on any atom is -0.310 e. The maximum atomic E-state index is 2.48. The van der Waals surface area contributed by atoms with Crippen LogP contribution in [0.15, 0.2) is 200 Å². The van der Waals surface area contributed by atoms with E-state index in [1.165, 1.54) is 66.8 Å². The molecular weight excluding hydrogens is 639 g/mol. The van der Waals surface area contributed by atoms with Crippen LogP contribution in [0.25, 0.3) is 33.4 Å². The van der Waals surface area contributed by atoms with E-state index in [0.717, 1.165) is 17.1 Å². The van der Waals surface area contributed by atoms with Crippen LogP contribution in [0.1, 0.15) is 47.2 Å². The molecule has 252 valence electrons. The van der Waals surface area contributed by atoms with Crippen molar-refractivity contribution in [1.82, 2.24) is 0 Å². The average molecular weight is 678 g/mol. The molecule has 2 aliphatic carbocycles. The van der Waals surface area contributed by atoms with Crippen molar-refractivity contribution in [3.63, 3.8) is 0 Å². The SMILES string of the molecule is CC1(C)c2ccccc2C2(c3ccccc3-c3ccccc32)c2ccc(N(c3ccccc3)c3ccccc3-c3ccc(-c4ccccc4)cc3)cc21. The lowest BCUT2D eigenvalue weighted by atomic mass is 9.55. The van der Waals surface area contributed by atoms with Crippen molar-refractivity contribution < 1.29 is 0 Å². The first-order chi connectivity index (χ1) is 26.1. The quantitative estimate of drug-likeness (QED) is 0.175. The fourth-order valence-electron chi connectivity index (χ4n) is 9.37. The van der Waals surface area contributed by atoms with Crippen molar-refractivity contribution in [1.29, 1.82) is 0 Å². The van der Waals surface area contributed by atoms with Gasteiger partial charge >= 0.3 is 0 Å². The summed E-state index contributed by atoms with van der Waals surface area (Å²) >= 11 is 0. The van der Waals surface area contributed by atoms with Gasteiger partial charge in [0.05, 0.1) is 11.1 Å². The number of benzene rings is 8. The largest absolute Gasteiger partial charge is 0.310 e. The van der Waals surface area contributed by atoms with Crippen molar-refractivity contribution in [3.8, 4) is 33.4 Å². The van der Waals surface area contributed by atoms with Crippen LogP contribution >= 0.6 is 0 Å². The predicted octanol–water partition coefficient (Wildman–Crippen LogP) is 13.5. The number of anilines is 3.